The normalized spacial score (nSPS) is 10.8. The third kappa shape index (κ3) is 3.56. The van der Waals surface area contributed by atoms with E-state index in [0.717, 1.165) is 12.0 Å². The predicted molar refractivity (Wildman–Crippen MR) is 98.7 cm³/mol. The SMILES string of the molecule is C=CCNC(=O)CCn1cnc2c(-c3ccc(CC)cc3)noc2c1=O. The highest BCUT2D eigenvalue weighted by molar-refractivity contribution is 5.87. The van der Waals surface area contributed by atoms with Gasteiger partial charge in [0, 0.05) is 25.1 Å². The molecule has 1 N–H and O–H groups in total. The molecule has 1 aromatic carbocycles. The van der Waals surface area contributed by atoms with Crippen molar-refractivity contribution in [1.82, 2.24) is 20.0 Å². The number of carbonyl (C=O) groups excluding carboxylic acids is 1. The second-order valence-electron chi connectivity index (χ2n) is 5.85. The van der Waals surface area contributed by atoms with Gasteiger partial charge in [0.15, 0.2) is 0 Å². The Labute approximate surface area is 150 Å². The Morgan fingerprint density at radius 1 is 1.35 bits per heavy atom. The minimum absolute atomic E-state index is 0.0913. The van der Waals surface area contributed by atoms with Crippen molar-refractivity contribution in [3.8, 4) is 11.3 Å². The molecular weight excluding hydrogens is 332 g/mol. The Bertz CT molecular complexity index is 986. The summed E-state index contributed by atoms with van der Waals surface area (Å²) in [5.74, 6) is -0.161. The number of fused-ring (bicyclic) bond motifs is 1. The van der Waals surface area contributed by atoms with Gasteiger partial charge in [-0.05, 0) is 12.0 Å². The van der Waals surface area contributed by atoms with Crippen LogP contribution in [-0.2, 0) is 17.8 Å². The smallest absolute Gasteiger partial charge is 0.299 e. The highest BCUT2D eigenvalue weighted by Crippen LogP contribution is 2.24. The average molecular weight is 352 g/mol. The average Bonchev–Trinajstić information content (AvgIpc) is 3.10. The molecule has 0 unspecified atom stereocenters. The van der Waals surface area contributed by atoms with E-state index in [2.05, 4.69) is 29.0 Å². The third-order valence-electron chi connectivity index (χ3n) is 4.11. The van der Waals surface area contributed by atoms with E-state index in [9.17, 15) is 9.59 Å². The van der Waals surface area contributed by atoms with Gasteiger partial charge in [0.1, 0.15) is 11.2 Å². The van der Waals surface area contributed by atoms with Crippen LogP contribution in [0.2, 0.25) is 0 Å². The number of carbonyl (C=O) groups is 1. The zero-order chi connectivity index (χ0) is 18.5. The predicted octanol–water partition coefficient (Wildman–Crippen LogP) is 2.31. The van der Waals surface area contributed by atoms with E-state index in [1.165, 1.54) is 16.5 Å². The van der Waals surface area contributed by atoms with E-state index in [1.807, 2.05) is 24.3 Å². The molecule has 134 valence electrons. The van der Waals surface area contributed by atoms with Crippen molar-refractivity contribution in [3.05, 3.63) is 59.2 Å². The molecular formula is C19H20N4O3. The fourth-order valence-corrected chi connectivity index (χ4v) is 2.60. The van der Waals surface area contributed by atoms with Crippen molar-refractivity contribution >= 4 is 17.0 Å². The molecule has 0 aliphatic carbocycles. The maximum atomic E-state index is 12.5. The summed E-state index contributed by atoms with van der Waals surface area (Å²) in [5.41, 5.74) is 2.76. The van der Waals surface area contributed by atoms with Crippen LogP contribution < -0.4 is 10.9 Å². The van der Waals surface area contributed by atoms with Crippen LogP contribution in [0.5, 0.6) is 0 Å². The molecule has 0 saturated heterocycles. The van der Waals surface area contributed by atoms with E-state index in [1.54, 1.807) is 6.08 Å². The Kier molecular flexibility index (Phi) is 5.26. The van der Waals surface area contributed by atoms with E-state index in [-0.39, 0.29) is 30.0 Å². The number of aryl methyl sites for hydroxylation is 2. The van der Waals surface area contributed by atoms with Gasteiger partial charge in [0.05, 0.1) is 6.33 Å². The van der Waals surface area contributed by atoms with E-state index in [4.69, 9.17) is 4.52 Å². The summed E-state index contributed by atoms with van der Waals surface area (Å²) in [6.45, 7) is 6.23. The van der Waals surface area contributed by atoms with Crippen LogP contribution in [0.25, 0.3) is 22.4 Å². The lowest BCUT2D eigenvalue weighted by Gasteiger charge is -2.05. The van der Waals surface area contributed by atoms with E-state index < -0.39 is 0 Å². The third-order valence-corrected chi connectivity index (χ3v) is 4.11. The number of rotatable bonds is 7. The van der Waals surface area contributed by atoms with E-state index in [0.29, 0.717) is 17.8 Å². The highest BCUT2D eigenvalue weighted by Gasteiger charge is 2.16. The number of amides is 1. The summed E-state index contributed by atoms with van der Waals surface area (Å²) >= 11 is 0. The van der Waals surface area contributed by atoms with E-state index >= 15 is 0 Å². The molecule has 26 heavy (non-hydrogen) atoms. The summed E-state index contributed by atoms with van der Waals surface area (Å²) in [6, 6.07) is 7.90. The van der Waals surface area contributed by atoms with Crippen molar-refractivity contribution in [1.29, 1.82) is 0 Å². The zero-order valence-corrected chi connectivity index (χ0v) is 14.6. The number of nitrogens with one attached hydrogen (secondary N) is 1. The lowest BCUT2D eigenvalue weighted by molar-refractivity contribution is -0.121. The van der Waals surface area contributed by atoms with Crippen LogP contribution in [0.15, 0.2) is 52.6 Å². The van der Waals surface area contributed by atoms with Gasteiger partial charge >= 0.3 is 0 Å². The van der Waals surface area contributed by atoms with Crippen LogP contribution >= 0.6 is 0 Å². The van der Waals surface area contributed by atoms with Crippen molar-refractivity contribution in [2.75, 3.05) is 6.54 Å². The van der Waals surface area contributed by atoms with Gasteiger partial charge in [-0.2, -0.15) is 0 Å². The van der Waals surface area contributed by atoms with Gasteiger partial charge in [-0.25, -0.2) is 4.98 Å². The summed E-state index contributed by atoms with van der Waals surface area (Å²) < 4.78 is 6.60. The van der Waals surface area contributed by atoms with Gasteiger partial charge in [-0.3, -0.25) is 14.2 Å². The summed E-state index contributed by atoms with van der Waals surface area (Å²) in [6.07, 6.45) is 4.14. The van der Waals surface area contributed by atoms with Crippen LogP contribution in [-0.4, -0.2) is 27.2 Å². The standard InChI is InChI=1S/C19H20N4O3/c1-3-10-20-15(24)9-11-23-12-21-17-16(22-26-18(17)19(23)25)14-7-5-13(4-2)6-8-14/h3,5-8,12H,1,4,9-11H2,2H3,(H,20,24). The number of hydrogen-bond acceptors (Lipinski definition) is 5. The molecule has 7 nitrogen and oxygen atoms in total. The Hall–Kier alpha value is -3.22. The molecule has 7 heteroatoms. The molecule has 2 aromatic heterocycles. The van der Waals surface area contributed by atoms with Crippen molar-refractivity contribution in [3.63, 3.8) is 0 Å². The first-order valence-electron chi connectivity index (χ1n) is 8.45. The summed E-state index contributed by atoms with van der Waals surface area (Å²) in [4.78, 5) is 28.5. The molecule has 0 atom stereocenters. The minimum atomic E-state index is -0.351. The Morgan fingerprint density at radius 3 is 2.81 bits per heavy atom. The second kappa shape index (κ2) is 7.77. The van der Waals surface area contributed by atoms with Crippen LogP contribution in [0, 0.1) is 0 Å². The number of benzene rings is 1. The number of nitrogens with zero attached hydrogens (tertiary/aromatic N) is 3. The molecule has 0 fully saturated rings. The summed E-state index contributed by atoms with van der Waals surface area (Å²) in [5, 5.41) is 6.68. The van der Waals surface area contributed by atoms with Crippen molar-refractivity contribution in [2.24, 2.45) is 0 Å². The molecule has 0 aliphatic rings. The van der Waals surface area contributed by atoms with Crippen molar-refractivity contribution < 1.29 is 9.32 Å². The molecule has 2 heterocycles. The fraction of sp³-hybridized carbons (Fsp3) is 0.263. The summed E-state index contributed by atoms with van der Waals surface area (Å²) in [7, 11) is 0. The maximum Gasteiger partial charge on any atom is 0.299 e. The molecule has 0 aliphatic heterocycles. The minimum Gasteiger partial charge on any atom is -0.353 e. The molecule has 0 spiro atoms. The molecule has 0 radical (unpaired) electrons. The topological polar surface area (TPSA) is 90.0 Å². The first-order chi connectivity index (χ1) is 12.6. The van der Waals surface area contributed by atoms with Crippen LogP contribution in [0.3, 0.4) is 0 Å². The lowest BCUT2D eigenvalue weighted by atomic mass is 10.1. The monoisotopic (exact) mass is 352 g/mol. The quantitative estimate of drug-likeness (QED) is 0.659. The Morgan fingerprint density at radius 2 is 2.12 bits per heavy atom. The number of aromatic nitrogens is 3. The zero-order valence-electron chi connectivity index (χ0n) is 14.6. The molecule has 3 aromatic rings. The molecule has 1 amide bonds. The number of hydrogen-bond donors (Lipinski definition) is 1. The first kappa shape index (κ1) is 17.6. The molecule has 3 rings (SSSR count). The van der Waals surface area contributed by atoms with Crippen LogP contribution in [0.1, 0.15) is 18.9 Å². The van der Waals surface area contributed by atoms with Gasteiger partial charge < -0.3 is 9.84 Å². The molecule has 0 bridgehead atoms. The highest BCUT2D eigenvalue weighted by atomic mass is 16.5. The maximum absolute atomic E-state index is 12.5. The van der Waals surface area contributed by atoms with Gasteiger partial charge in [-0.1, -0.05) is 42.4 Å². The second-order valence-corrected chi connectivity index (χ2v) is 5.85. The van der Waals surface area contributed by atoms with Crippen LogP contribution in [0.4, 0.5) is 0 Å². The Balaban J connectivity index is 1.85. The van der Waals surface area contributed by atoms with Crippen molar-refractivity contribution in [2.45, 2.75) is 26.3 Å². The molecule has 0 saturated carbocycles. The fourth-order valence-electron chi connectivity index (χ4n) is 2.60. The van der Waals surface area contributed by atoms with Gasteiger partial charge in [-0.15, -0.1) is 6.58 Å². The van der Waals surface area contributed by atoms with Gasteiger partial charge in [0.2, 0.25) is 5.91 Å². The first-order valence-corrected chi connectivity index (χ1v) is 8.45. The van der Waals surface area contributed by atoms with Gasteiger partial charge in [0.25, 0.3) is 11.1 Å². The lowest BCUT2D eigenvalue weighted by Crippen LogP contribution is -2.27. The largest absolute Gasteiger partial charge is 0.353 e.